The average molecular weight is 333 g/mol. The summed E-state index contributed by atoms with van der Waals surface area (Å²) in [6, 6.07) is 6.18. The van der Waals surface area contributed by atoms with Crippen LogP contribution in [0.15, 0.2) is 24.4 Å². The van der Waals surface area contributed by atoms with Crippen LogP contribution in [0.5, 0.6) is 0 Å². The minimum atomic E-state index is -0.453. The van der Waals surface area contributed by atoms with Gasteiger partial charge < -0.3 is 15.0 Å². The van der Waals surface area contributed by atoms with E-state index in [0.717, 1.165) is 38.2 Å². The lowest BCUT2D eigenvalue weighted by Crippen LogP contribution is -2.47. The van der Waals surface area contributed by atoms with Gasteiger partial charge in [-0.1, -0.05) is 6.07 Å². The lowest BCUT2D eigenvalue weighted by molar-refractivity contribution is 0.0468. The fourth-order valence-electron chi connectivity index (χ4n) is 3.13. The van der Waals surface area contributed by atoms with Crippen molar-refractivity contribution in [2.75, 3.05) is 19.6 Å². The number of aromatic nitrogens is 1. The Hall–Kier alpha value is -1.62. The molecule has 1 amide bonds. The van der Waals surface area contributed by atoms with Crippen LogP contribution in [0, 0.1) is 5.92 Å². The third-order valence-electron chi connectivity index (χ3n) is 4.40. The number of nitrogens with zero attached hydrogens (tertiary/aromatic N) is 2. The third kappa shape index (κ3) is 6.48. The van der Waals surface area contributed by atoms with Gasteiger partial charge in [-0.15, -0.1) is 0 Å². The maximum atomic E-state index is 11.9. The van der Waals surface area contributed by atoms with Crippen molar-refractivity contribution in [3.05, 3.63) is 30.1 Å². The van der Waals surface area contributed by atoms with Crippen molar-refractivity contribution in [3.63, 3.8) is 0 Å². The number of carbonyl (C=O) groups is 1. The van der Waals surface area contributed by atoms with Crippen LogP contribution in [0.1, 0.15) is 46.2 Å². The Morgan fingerprint density at radius 2 is 2.25 bits per heavy atom. The highest BCUT2D eigenvalue weighted by Gasteiger charge is 2.27. The van der Waals surface area contributed by atoms with Crippen LogP contribution in [0.25, 0.3) is 0 Å². The molecule has 134 valence electrons. The Kier molecular flexibility index (Phi) is 6.60. The van der Waals surface area contributed by atoms with E-state index in [2.05, 4.69) is 28.2 Å². The summed E-state index contributed by atoms with van der Waals surface area (Å²) in [7, 11) is 0. The standard InChI is InChI=1S/C19H31N3O2/c1-15(21-18(23)24-19(2,3)4)16-8-7-12-22(14-16)13-10-17-9-5-6-11-20-17/h5-6,9,11,15-16H,7-8,10,12-14H2,1-4H3,(H,21,23)/t15-,16-/m0/s1. The minimum Gasteiger partial charge on any atom is -0.444 e. The summed E-state index contributed by atoms with van der Waals surface area (Å²) in [5, 5.41) is 3.00. The van der Waals surface area contributed by atoms with Gasteiger partial charge in [-0.2, -0.15) is 0 Å². The first-order valence-electron chi connectivity index (χ1n) is 8.95. The molecule has 0 radical (unpaired) electrons. The van der Waals surface area contributed by atoms with Gasteiger partial charge in [0.2, 0.25) is 0 Å². The lowest BCUT2D eigenvalue weighted by atomic mass is 9.91. The SMILES string of the molecule is C[C@H](NC(=O)OC(C)(C)C)[C@H]1CCCN(CCc2ccccn2)C1. The normalized spacial score (nSPS) is 20.4. The molecule has 2 heterocycles. The Morgan fingerprint density at radius 3 is 2.92 bits per heavy atom. The van der Waals surface area contributed by atoms with E-state index in [4.69, 9.17) is 4.74 Å². The Bertz CT molecular complexity index is 513. The van der Waals surface area contributed by atoms with Crippen molar-refractivity contribution in [2.45, 2.75) is 58.6 Å². The maximum Gasteiger partial charge on any atom is 0.407 e. The van der Waals surface area contributed by atoms with Gasteiger partial charge in [0.15, 0.2) is 0 Å². The van der Waals surface area contributed by atoms with E-state index in [9.17, 15) is 4.79 Å². The van der Waals surface area contributed by atoms with E-state index in [1.54, 1.807) is 0 Å². The molecule has 0 unspecified atom stereocenters. The van der Waals surface area contributed by atoms with Crippen LogP contribution >= 0.6 is 0 Å². The molecule has 1 saturated heterocycles. The number of pyridine rings is 1. The lowest BCUT2D eigenvalue weighted by Gasteiger charge is -2.36. The number of rotatable bonds is 5. The molecule has 5 heteroatoms. The topological polar surface area (TPSA) is 54.5 Å². The van der Waals surface area contributed by atoms with Crippen molar-refractivity contribution < 1.29 is 9.53 Å². The zero-order valence-corrected chi connectivity index (χ0v) is 15.4. The number of ether oxygens (including phenoxy) is 1. The summed E-state index contributed by atoms with van der Waals surface area (Å²) in [5.41, 5.74) is 0.685. The molecule has 1 aromatic rings. The van der Waals surface area contributed by atoms with Gasteiger partial charge in [-0.25, -0.2) is 4.79 Å². The first-order chi connectivity index (χ1) is 11.3. The van der Waals surface area contributed by atoms with Crippen molar-refractivity contribution >= 4 is 6.09 Å². The monoisotopic (exact) mass is 333 g/mol. The minimum absolute atomic E-state index is 0.123. The number of piperidine rings is 1. The Labute approximate surface area is 145 Å². The molecule has 0 bridgehead atoms. The van der Waals surface area contributed by atoms with E-state index >= 15 is 0 Å². The van der Waals surface area contributed by atoms with Gasteiger partial charge in [0.25, 0.3) is 0 Å². The highest BCUT2D eigenvalue weighted by molar-refractivity contribution is 5.68. The van der Waals surface area contributed by atoms with Gasteiger partial charge in [-0.05, 0) is 65.1 Å². The molecule has 0 aliphatic carbocycles. The van der Waals surface area contributed by atoms with Crippen LogP contribution < -0.4 is 5.32 Å². The molecule has 0 spiro atoms. The quantitative estimate of drug-likeness (QED) is 0.899. The Balaban J connectivity index is 1.78. The predicted octanol–water partition coefficient (Wildman–Crippen LogP) is 3.25. The third-order valence-corrected chi connectivity index (χ3v) is 4.40. The number of nitrogens with one attached hydrogen (secondary N) is 1. The number of hydrogen-bond donors (Lipinski definition) is 1. The Morgan fingerprint density at radius 1 is 1.46 bits per heavy atom. The van der Waals surface area contributed by atoms with Crippen molar-refractivity contribution in [1.82, 2.24) is 15.2 Å². The summed E-state index contributed by atoms with van der Waals surface area (Å²) in [6.45, 7) is 10.9. The number of amides is 1. The van der Waals surface area contributed by atoms with Gasteiger partial charge in [0.05, 0.1) is 0 Å². The highest BCUT2D eigenvalue weighted by atomic mass is 16.6. The second kappa shape index (κ2) is 8.47. The number of alkyl carbamates (subject to hydrolysis) is 1. The van der Waals surface area contributed by atoms with E-state index < -0.39 is 5.60 Å². The van der Waals surface area contributed by atoms with Gasteiger partial charge >= 0.3 is 6.09 Å². The summed E-state index contributed by atoms with van der Waals surface area (Å²) in [6.07, 6.45) is 4.83. The van der Waals surface area contributed by atoms with E-state index in [1.165, 1.54) is 6.42 Å². The molecule has 24 heavy (non-hydrogen) atoms. The molecule has 2 rings (SSSR count). The smallest absolute Gasteiger partial charge is 0.407 e. The van der Waals surface area contributed by atoms with Crippen LogP contribution in [0.4, 0.5) is 4.79 Å². The number of carbonyl (C=O) groups excluding carboxylic acids is 1. The van der Waals surface area contributed by atoms with Gasteiger partial charge in [-0.3, -0.25) is 4.98 Å². The van der Waals surface area contributed by atoms with Crippen LogP contribution in [0.2, 0.25) is 0 Å². The molecule has 1 fully saturated rings. The van der Waals surface area contributed by atoms with E-state index in [1.807, 2.05) is 39.1 Å². The summed E-state index contributed by atoms with van der Waals surface area (Å²) in [5.74, 6) is 0.468. The zero-order valence-electron chi connectivity index (χ0n) is 15.4. The zero-order chi connectivity index (χ0) is 17.6. The molecular formula is C19H31N3O2. The van der Waals surface area contributed by atoms with Gasteiger partial charge in [0.1, 0.15) is 5.60 Å². The first kappa shape index (κ1) is 18.7. The molecule has 1 aliphatic heterocycles. The summed E-state index contributed by atoms with van der Waals surface area (Å²) in [4.78, 5) is 18.8. The molecule has 1 aliphatic rings. The summed E-state index contributed by atoms with van der Waals surface area (Å²) < 4.78 is 5.36. The number of hydrogen-bond acceptors (Lipinski definition) is 4. The fraction of sp³-hybridized carbons (Fsp3) is 0.684. The molecule has 0 aromatic carbocycles. The van der Waals surface area contributed by atoms with Gasteiger partial charge in [0, 0.05) is 37.4 Å². The van der Waals surface area contributed by atoms with Crippen molar-refractivity contribution in [3.8, 4) is 0 Å². The predicted molar refractivity (Wildman–Crippen MR) is 95.9 cm³/mol. The second-order valence-electron chi connectivity index (χ2n) is 7.71. The largest absolute Gasteiger partial charge is 0.444 e. The van der Waals surface area contributed by atoms with Crippen LogP contribution in [-0.4, -0.2) is 47.3 Å². The number of likely N-dealkylation sites (tertiary alicyclic amines) is 1. The van der Waals surface area contributed by atoms with E-state index in [0.29, 0.717) is 5.92 Å². The maximum absolute atomic E-state index is 11.9. The first-order valence-corrected chi connectivity index (χ1v) is 8.95. The second-order valence-corrected chi connectivity index (χ2v) is 7.71. The van der Waals surface area contributed by atoms with Crippen LogP contribution in [-0.2, 0) is 11.2 Å². The molecular weight excluding hydrogens is 302 g/mol. The van der Waals surface area contributed by atoms with E-state index in [-0.39, 0.29) is 12.1 Å². The summed E-state index contributed by atoms with van der Waals surface area (Å²) >= 11 is 0. The molecule has 2 atom stereocenters. The highest BCUT2D eigenvalue weighted by Crippen LogP contribution is 2.20. The molecule has 1 aromatic heterocycles. The van der Waals surface area contributed by atoms with Crippen LogP contribution in [0.3, 0.4) is 0 Å². The average Bonchev–Trinajstić information content (AvgIpc) is 2.52. The van der Waals surface area contributed by atoms with Crippen molar-refractivity contribution in [1.29, 1.82) is 0 Å². The van der Waals surface area contributed by atoms with Crippen molar-refractivity contribution in [2.24, 2.45) is 5.92 Å². The molecule has 5 nitrogen and oxygen atoms in total. The fourth-order valence-corrected chi connectivity index (χ4v) is 3.13. The molecule has 1 N–H and O–H groups in total. The molecule has 0 saturated carbocycles.